The van der Waals surface area contributed by atoms with Crippen LogP contribution in [0.3, 0.4) is 0 Å². The summed E-state index contributed by atoms with van der Waals surface area (Å²) < 4.78 is 26.9. The van der Waals surface area contributed by atoms with Crippen LogP contribution in [0.5, 0.6) is 23.0 Å². The van der Waals surface area contributed by atoms with Crippen LogP contribution in [0.1, 0.15) is 179 Å². The molecule has 0 N–H and O–H groups in total. The average Bonchev–Trinajstić information content (AvgIpc) is 3.46. The molecule has 0 aromatic heterocycles. The molecule has 6 aromatic carbocycles. The molecule has 74 heavy (non-hydrogen) atoms. The minimum atomic E-state index is -3.34. The van der Waals surface area contributed by atoms with E-state index in [1.165, 1.54) is 129 Å². The molecule has 0 atom stereocenters. The zero-order valence-corrected chi connectivity index (χ0v) is 49.2. The quantitative estimate of drug-likeness (QED) is 0.0312. The first-order valence-corrected chi connectivity index (χ1v) is 34.5. The third kappa shape index (κ3) is 13.0. The van der Waals surface area contributed by atoms with Gasteiger partial charge in [0, 0.05) is 0 Å². The summed E-state index contributed by atoms with van der Waals surface area (Å²) in [5.74, 6) is 3.84. The molecule has 0 bridgehead atoms. The van der Waals surface area contributed by atoms with Gasteiger partial charge in [-0.15, -0.1) is 0 Å². The van der Waals surface area contributed by atoms with E-state index in [0.29, 0.717) is 13.2 Å². The molecule has 0 saturated heterocycles. The smallest absolute Gasteiger partial charge is 0.155 e. The van der Waals surface area contributed by atoms with Crippen LogP contribution in [-0.2, 0) is 12.8 Å². The van der Waals surface area contributed by atoms with Crippen LogP contribution in [-0.4, -0.2) is 41.6 Å². The third-order valence-corrected chi connectivity index (χ3v) is 32.6. The zero-order valence-electron chi connectivity index (χ0n) is 47.2. The number of unbranched alkanes of at least 4 members (excludes halogenated alkanes) is 12. The van der Waals surface area contributed by atoms with E-state index in [1.807, 2.05) is 0 Å². The SMILES string of the molecule is CCCCCOc1ccc([Si]2(c3ccc(OCCCCC)cc3)c3cc(C)c(OCCCCC)cc3-c3cc(OCCCCC)c(C)cc3[Si]2(c2ccc(CCCCC)cc2)c2ccc(CCCCC)cc2)cc1. The molecule has 0 spiro atoms. The van der Waals surface area contributed by atoms with Gasteiger partial charge in [0.1, 0.15) is 23.0 Å². The number of rotatable bonds is 32. The zero-order chi connectivity index (χ0) is 52.2. The van der Waals surface area contributed by atoms with Crippen LogP contribution in [0.4, 0.5) is 0 Å². The summed E-state index contributed by atoms with van der Waals surface area (Å²) in [7, 11) is -6.65. The number of hydrogen-bond donors (Lipinski definition) is 0. The number of aryl methyl sites for hydroxylation is 4. The van der Waals surface area contributed by atoms with E-state index < -0.39 is 15.2 Å². The van der Waals surface area contributed by atoms with Gasteiger partial charge < -0.3 is 18.9 Å². The predicted octanol–water partition coefficient (Wildman–Crippen LogP) is 14.7. The van der Waals surface area contributed by atoms with Crippen LogP contribution < -0.4 is 50.1 Å². The second-order valence-electron chi connectivity index (χ2n) is 21.4. The van der Waals surface area contributed by atoms with Crippen molar-refractivity contribution in [2.24, 2.45) is 0 Å². The maximum absolute atomic E-state index is 6.88. The molecule has 1 heterocycles. The van der Waals surface area contributed by atoms with E-state index in [9.17, 15) is 0 Å². The summed E-state index contributed by atoms with van der Waals surface area (Å²) in [5.41, 5.74) is 7.79. The van der Waals surface area contributed by atoms with Gasteiger partial charge in [-0.3, -0.25) is 0 Å². The maximum Gasteiger partial charge on any atom is 0.155 e. The van der Waals surface area contributed by atoms with E-state index in [-0.39, 0.29) is 0 Å². The van der Waals surface area contributed by atoms with Crippen molar-refractivity contribution in [2.75, 3.05) is 26.4 Å². The Balaban J connectivity index is 1.64. The Kier molecular flexibility index (Phi) is 22.0. The fraction of sp³-hybridized carbons (Fsp3) is 0.471. The lowest BCUT2D eigenvalue weighted by atomic mass is 10.0. The van der Waals surface area contributed by atoms with E-state index in [1.54, 1.807) is 0 Å². The standard InChI is InChI=1S/C68H92O4Si2/c1-9-15-21-27-55-29-37-59(38-30-55)73(60-39-31-56(32-40-60)28-22-16-10-2)67-49-53(7)65(71-47-25-19-13-5)51-63(67)64-52-66(72-48-26-20-14-6)54(8)50-68(64)74(73,61-41-33-57(34-42-61)69-45-23-17-11-3)62-43-35-58(36-44-62)70-46-24-18-12-4/h29-44,49-52H,9-28,45-48H2,1-8H3. The highest BCUT2D eigenvalue weighted by molar-refractivity contribution is 7.68. The third-order valence-electron chi connectivity index (χ3n) is 15.8. The minimum Gasteiger partial charge on any atom is -0.494 e. The molecule has 0 radical (unpaired) electrons. The molecule has 396 valence electrons. The lowest BCUT2D eigenvalue weighted by Gasteiger charge is -2.54. The van der Waals surface area contributed by atoms with Crippen molar-refractivity contribution in [1.29, 1.82) is 0 Å². The van der Waals surface area contributed by atoms with Crippen molar-refractivity contribution in [1.82, 2.24) is 0 Å². The van der Waals surface area contributed by atoms with Crippen molar-refractivity contribution >= 4 is 46.3 Å². The monoisotopic (exact) mass is 1030 g/mol. The molecule has 0 saturated carbocycles. The summed E-state index contributed by atoms with van der Waals surface area (Å²) in [4.78, 5) is 0. The van der Waals surface area contributed by atoms with Gasteiger partial charge in [-0.1, -0.05) is 224 Å². The van der Waals surface area contributed by atoms with E-state index in [0.717, 1.165) is 100 Å². The van der Waals surface area contributed by atoms with Crippen LogP contribution in [0.15, 0.2) is 121 Å². The average molecular weight is 1030 g/mol. The molecular formula is C68H92O4Si2. The van der Waals surface area contributed by atoms with Crippen molar-refractivity contribution in [3.8, 4) is 34.1 Å². The molecule has 0 amide bonds. The number of hydrogen-bond acceptors (Lipinski definition) is 4. The van der Waals surface area contributed by atoms with Gasteiger partial charge in [0.15, 0.2) is 15.2 Å². The molecule has 1 aliphatic heterocycles. The topological polar surface area (TPSA) is 36.9 Å². The molecule has 1 aliphatic rings. The summed E-state index contributed by atoms with van der Waals surface area (Å²) in [5, 5.41) is 8.64. The molecular weight excluding hydrogens is 937 g/mol. The Morgan fingerprint density at radius 3 is 0.905 bits per heavy atom. The lowest BCUT2D eigenvalue weighted by Crippen LogP contribution is -2.95. The van der Waals surface area contributed by atoms with Crippen molar-refractivity contribution in [2.45, 2.75) is 184 Å². The normalized spacial score (nSPS) is 13.3. The largest absolute Gasteiger partial charge is 0.494 e. The van der Waals surface area contributed by atoms with Gasteiger partial charge >= 0.3 is 0 Å². The van der Waals surface area contributed by atoms with Crippen molar-refractivity contribution < 1.29 is 18.9 Å². The number of benzene rings is 6. The summed E-state index contributed by atoms with van der Waals surface area (Å²) in [6, 6.07) is 49.5. The number of fused-ring (bicyclic) bond motifs is 3. The Morgan fingerprint density at radius 2 is 0.595 bits per heavy atom. The predicted molar refractivity (Wildman–Crippen MR) is 323 cm³/mol. The highest BCUT2D eigenvalue weighted by atomic mass is 29.3. The molecule has 0 unspecified atom stereocenters. The molecule has 0 fully saturated rings. The minimum absolute atomic E-state index is 0.704. The Morgan fingerprint density at radius 1 is 0.311 bits per heavy atom. The lowest BCUT2D eigenvalue weighted by molar-refractivity contribution is 0.304. The van der Waals surface area contributed by atoms with Crippen LogP contribution >= 0.6 is 0 Å². The Hall–Kier alpha value is -5.05. The molecule has 6 heteroatoms. The van der Waals surface area contributed by atoms with Gasteiger partial charge in [0.25, 0.3) is 0 Å². The second kappa shape index (κ2) is 28.7. The molecule has 4 nitrogen and oxygen atoms in total. The molecule has 6 aromatic rings. The first kappa shape index (κ1) is 56.7. The summed E-state index contributed by atoms with van der Waals surface area (Å²) in [6.45, 7) is 21.1. The highest BCUT2D eigenvalue weighted by Crippen LogP contribution is 2.39. The Labute approximate surface area is 450 Å². The van der Waals surface area contributed by atoms with Crippen molar-refractivity contribution in [3.63, 3.8) is 0 Å². The van der Waals surface area contributed by atoms with E-state index in [2.05, 4.69) is 177 Å². The van der Waals surface area contributed by atoms with Crippen LogP contribution in [0.2, 0.25) is 0 Å². The fourth-order valence-corrected chi connectivity index (χ4v) is 31.8. The van der Waals surface area contributed by atoms with Gasteiger partial charge in [-0.05, 0) is 145 Å². The fourth-order valence-electron chi connectivity index (χ4n) is 11.7. The van der Waals surface area contributed by atoms with Crippen LogP contribution in [0, 0.1) is 13.8 Å². The highest BCUT2D eigenvalue weighted by Gasteiger charge is 2.65. The van der Waals surface area contributed by atoms with E-state index in [4.69, 9.17) is 18.9 Å². The van der Waals surface area contributed by atoms with Crippen molar-refractivity contribution in [3.05, 3.63) is 144 Å². The summed E-state index contributed by atoms with van der Waals surface area (Å²) in [6.07, 6.45) is 23.0. The summed E-state index contributed by atoms with van der Waals surface area (Å²) >= 11 is 0. The number of ether oxygens (including phenoxy) is 4. The second-order valence-corrected chi connectivity index (χ2v) is 32.3. The first-order chi connectivity index (χ1) is 36.3. The maximum atomic E-state index is 6.88. The van der Waals surface area contributed by atoms with E-state index >= 15 is 0 Å². The van der Waals surface area contributed by atoms with Gasteiger partial charge in [-0.2, -0.15) is 0 Å². The van der Waals surface area contributed by atoms with Gasteiger partial charge in [0.05, 0.1) is 26.4 Å². The van der Waals surface area contributed by atoms with Gasteiger partial charge in [-0.25, -0.2) is 0 Å². The van der Waals surface area contributed by atoms with Crippen LogP contribution in [0.25, 0.3) is 11.1 Å². The Bertz CT molecular complexity index is 2490. The molecule has 0 aliphatic carbocycles. The molecule has 7 rings (SSSR count). The first-order valence-electron chi connectivity index (χ1n) is 29.5. The van der Waals surface area contributed by atoms with Gasteiger partial charge in [0.2, 0.25) is 0 Å².